The molecule has 1 atom stereocenters. The van der Waals surface area contributed by atoms with E-state index in [0.29, 0.717) is 0 Å². The normalized spacial score (nSPS) is 22.3. The van der Waals surface area contributed by atoms with Crippen LogP contribution in [0.2, 0.25) is 0 Å². The molecule has 0 aliphatic carbocycles. The van der Waals surface area contributed by atoms with Gasteiger partial charge in [-0.1, -0.05) is 13.0 Å². The van der Waals surface area contributed by atoms with E-state index in [1.165, 1.54) is 0 Å². The number of nitrogens with one attached hydrogen (secondary N) is 1. The van der Waals surface area contributed by atoms with Crippen molar-refractivity contribution in [1.29, 1.82) is 0 Å². The molecule has 1 aromatic carbocycles. The third-order valence-electron chi connectivity index (χ3n) is 4.12. The van der Waals surface area contributed by atoms with Crippen LogP contribution >= 0.6 is 0 Å². The van der Waals surface area contributed by atoms with Crippen LogP contribution in [-0.2, 0) is 4.79 Å². The molecule has 1 unspecified atom stereocenters. The number of nitrogens with zero attached hydrogens (tertiary/aromatic N) is 1. The predicted molar refractivity (Wildman–Crippen MR) is 76.6 cm³/mol. The molecular formula is C15H22N2O2. The van der Waals surface area contributed by atoms with Gasteiger partial charge in [0.15, 0.2) is 0 Å². The Morgan fingerprint density at radius 3 is 2.89 bits per heavy atom. The van der Waals surface area contributed by atoms with Gasteiger partial charge in [0.05, 0.1) is 12.5 Å². The Bertz CT molecular complexity index is 453. The van der Waals surface area contributed by atoms with Gasteiger partial charge in [0.25, 0.3) is 0 Å². The molecule has 2 rings (SSSR count). The molecular weight excluding hydrogens is 240 g/mol. The number of carbonyl (C=O) groups is 1. The fourth-order valence-electron chi connectivity index (χ4n) is 2.67. The fourth-order valence-corrected chi connectivity index (χ4v) is 2.67. The van der Waals surface area contributed by atoms with Crippen molar-refractivity contribution in [3.63, 3.8) is 0 Å². The molecule has 4 nitrogen and oxygen atoms in total. The Morgan fingerprint density at radius 2 is 2.32 bits per heavy atom. The van der Waals surface area contributed by atoms with Crippen LogP contribution in [0.15, 0.2) is 24.3 Å². The summed E-state index contributed by atoms with van der Waals surface area (Å²) in [7, 11) is 3.47. The number of hydrogen-bond acceptors (Lipinski definition) is 3. The van der Waals surface area contributed by atoms with Crippen LogP contribution in [0.25, 0.3) is 0 Å². The van der Waals surface area contributed by atoms with Gasteiger partial charge in [0, 0.05) is 25.3 Å². The van der Waals surface area contributed by atoms with Crippen molar-refractivity contribution in [2.75, 3.05) is 32.1 Å². The maximum atomic E-state index is 12.7. The van der Waals surface area contributed by atoms with Crippen molar-refractivity contribution in [1.82, 2.24) is 5.32 Å². The van der Waals surface area contributed by atoms with Gasteiger partial charge >= 0.3 is 0 Å². The van der Waals surface area contributed by atoms with E-state index in [0.717, 1.165) is 37.4 Å². The number of anilines is 1. The molecule has 1 aliphatic rings. The van der Waals surface area contributed by atoms with Gasteiger partial charge in [0.1, 0.15) is 5.75 Å². The van der Waals surface area contributed by atoms with E-state index in [2.05, 4.69) is 12.2 Å². The zero-order chi connectivity index (χ0) is 13.9. The summed E-state index contributed by atoms with van der Waals surface area (Å²) in [5.74, 6) is 0.959. The second-order valence-corrected chi connectivity index (χ2v) is 5.13. The molecule has 0 radical (unpaired) electrons. The lowest BCUT2D eigenvalue weighted by atomic mass is 9.82. The molecule has 1 amide bonds. The largest absolute Gasteiger partial charge is 0.497 e. The summed E-state index contributed by atoms with van der Waals surface area (Å²) in [4.78, 5) is 14.5. The third kappa shape index (κ3) is 2.59. The molecule has 4 heteroatoms. The Balaban J connectivity index is 2.22. The molecule has 19 heavy (non-hydrogen) atoms. The van der Waals surface area contributed by atoms with Crippen molar-refractivity contribution >= 4 is 11.6 Å². The molecule has 1 heterocycles. The quantitative estimate of drug-likeness (QED) is 0.903. The van der Waals surface area contributed by atoms with Crippen LogP contribution < -0.4 is 15.0 Å². The Morgan fingerprint density at radius 1 is 1.53 bits per heavy atom. The maximum absolute atomic E-state index is 12.7. The Labute approximate surface area is 114 Å². The fraction of sp³-hybridized carbons (Fsp3) is 0.533. The zero-order valence-electron chi connectivity index (χ0n) is 11.9. The van der Waals surface area contributed by atoms with Gasteiger partial charge in [-0.15, -0.1) is 0 Å². The summed E-state index contributed by atoms with van der Waals surface area (Å²) in [5, 5.41) is 3.30. The van der Waals surface area contributed by atoms with E-state index in [9.17, 15) is 4.79 Å². The molecule has 1 fully saturated rings. The lowest BCUT2D eigenvalue weighted by Gasteiger charge is -2.31. The summed E-state index contributed by atoms with van der Waals surface area (Å²) in [5.41, 5.74) is 0.627. The first-order chi connectivity index (χ1) is 9.13. The first-order valence-corrected chi connectivity index (χ1v) is 6.76. The van der Waals surface area contributed by atoms with E-state index < -0.39 is 0 Å². The SMILES string of the molecule is CCC1(C(=O)N(C)c2cccc(OC)c2)CCNC1. The average molecular weight is 262 g/mol. The molecule has 1 aliphatic heterocycles. The van der Waals surface area contributed by atoms with Crippen molar-refractivity contribution in [3.8, 4) is 5.75 Å². The topological polar surface area (TPSA) is 41.6 Å². The summed E-state index contributed by atoms with van der Waals surface area (Å²) >= 11 is 0. The van der Waals surface area contributed by atoms with E-state index in [4.69, 9.17) is 4.74 Å². The average Bonchev–Trinajstić information content (AvgIpc) is 2.96. The molecule has 1 aromatic rings. The Kier molecular flexibility index (Phi) is 4.10. The number of amides is 1. The number of rotatable bonds is 4. The predicted octanol–water partition coefficient (Wildman–Crippen LogP) is 2.05. The van der Waals surface area contributed by atoms with Crippen LogP contribution in [-0.4, -0.2) is 33.2 Å². The highest BCUT2D eigenvalue weighted by Gasteiger charge is 2.41. The van der Waals surface area contributed by atoms with E-state index in [1.54, 1.807) is 12.0 Å². The monoisotopic (exact) mass is 262 g/mol. The van der Waals surface area contributed by atoms with Crippen LogP contribution in [0.4, 0.5) is 5.69 Å². The van der Waals surface area contributed by atoms with Crippen molar-refractivity contribution in [2.45, 2.75) is 19.8 Å². The minimum Gasteiger partial charge on any atom is -0.497 e. The van der Waals surface area contributed by atoms with Crippen molar-refractivity contribution in [3.05, 3.63) is 24.3 Å². The van der Waals surface area contributed by atoms with E-state index in [1.807, 2.05) is 31.3 Å². The number of carbonyl (C=O) groups excluding carboxylic acids is 1. The maximum Gasteiger partial charge on any atom is 0.234 e. The molecule has 0 spiro atoms. The first kappa shape index (κ1) is 13.9. The first-order valence-electron chi connectivity index (χ1n) is 6.76. The number of methoxy groups -OCH3 is 1. The second kappa shape index (κ2) is 5.61. The minimum absolute atomic E-state index is 0.188. The summed E-state index contributed by atoms with van der Waals surface area (Å²) in [6.45, 7) is 3.78. The van der Waals surface area contributed by atoms with Crippen LogP contribution in [0.3, 0.4) is 0 Å². The number of ether oxygens (including phenoxy) is 1. The highest BCUT2D eigenvalue weighted by molar-refractivity contribution is 5.97. The highest BCUT2D eigenvalue weighted by Crippen LogP contribution is 2.33. The number of benzene rings is 1. The van der Waals surface area contributed by atoms with Gasteiger partial charge in [-0.25, -0.2) is 0 Å². The van der Waals surface area contributed by atoms with Gasteiger partial charge in [-0.2, -0.15) is 0 Å². The molecule has 0 aromatic heterocycles. The Hall–Kier alpha value is -1.55. The van der Waals surface area contributed by atoms with Gasteiger partial charge < -0.3 is 15.0 Å². The summed E-state index contributed by atoms with van der Waals surface area (Å²) in [6.07, 6.45) is 1.78. The van der Waals surface area contributed by atoms with Crippen molar-refractivity contribution in [2.24, 2.45) is 5.41 Å². The third-order valence-corrected chi connectivity index (χ3v) is 4.12. The molecule has 1 N–H and O–H groups in total. The molecule has 0 saturated carbocycles. The smallest absolute Gasteiger partial charge is 0.234 e. The summed E-state index contributed by atoms with van der Waals surface area (Å²) < 4.78 is 5.21. The lowest BCUT2D eigenvalue weighted by molar-refractivity contribution is -0.127. The molecule has 0 bridgehead atoms. The van der Waals surface area contributed by atoms with Gasteiger partial charge in [-0.05, 0) is 31.5 Å². The minimum atomic E-state index is -0.252. The molecule has 104 valence electrons. The second-order valence-electron chi connectivity index (χ2n) is 5.13. The van der Waals surface area contributed by atoms with Crippen molar-refractivity contribution < 1.29 is 9.53 Å². The lowest BCUT2D eigenvalue weighted by Crippen LogP contribution is -2.43. The van der Waals surface area contributed by atoms with E-state index >= 15 is 0 Å². The van der Waals surface area contributed by atoms with E-state index in [-0.39, 0.29) is 11.3 Å². The van der Waals surface area contributed by atoms with Crippen LogP contribution in [0.1, 0.15) is 19.8 Å². The molecule has 1 saturated heterocycles. The standard InChI is InChI=1S/C15H22N2O2/c1-4-15(8-9-16-11-15)14(18)17(2)12-6-5-7-13(10-12)19-3/h5-7,10,16H,4,8-9,11H2,1-3H3. The van der Waals surface area contributed by atoms with Crippen LogP contribution in [0, 0.1) is 5.41 Å². The highest BCUT2D eigenvalue weighted by atomic mass is 16.5. The zero-order valence-corrected chi connectivity index (χ0v) is 11.9. The van der Waals surface area contributed by atoms with Gasteiger partial charge in [0.2, 0.25) is 5.91 Å². The number of hydrogen-bond donors (Lipinski definition) is 1. The van der Waals surface area contributed by atoms with Gasteiger partial charge in [-0.3, -0.25) is 4.79 Å². The summed E-state index contributed by atoms with van der Waals surface area (Å²) in [6, 6.07) is 7.62. The van der Waals surface area contributed by atoms with Crippen LogP contribution in [0.5, 0.6) is 5.75 Å².